The van der Waals surface area contributed by atoms with Gasteiger partial charge in [-0.1, -0.05) is 42.5 Å². The molecule has 1 aliphatic heterocycles. The van der Waals surface area contributed by atoms with Gasteiger partial charge in [0.25, 0.3) is 0 Å². The number of rotatable bonds is 5. The van der Waals surface area contributed by atoms with Crippen LogP contribution in [0.25, 0.3) is 6.08 Å². The lowest BCUT2D eigenvalue weighted by atomic mass is 10.1. The Labute approximate surface area is 137 Å². The van der Waals surface area contributed by atoms with Crippen LogP contribution in [0.5, 0.6) is 0 Å². The van der Waals surface area contributed by atoms with Gasteiger partial charge in [-0.25, -0.2) is 4.79 Å². The van der Waals surface area contributed by atoms with Crippen molar-refractivity contribution in [1.29, 1.82) is 0 Å². The molecule has 1 heterocycles. The molecule has 5 heteroatoms. The molecule has 0 aliphatic carbocycles. The Bertz CT molecular complexity index is 569. The van der Waals surface area contributed by atoms with E-state index in [9.17, 15) is 9.59 Å². The topological polar surface area (TPSA) is 49.9 Å². The number of amides is 1. The van der Waals surface area contributed by atoms with Crippen molar-refractivity contribution in [2.45, 2.75) is 24.9 Å². The lowest BCUT2D eigenvalue weighted by Crippen LogP contribution is -2.41. The molecule has 0 spiro atoms. The second-order valence-electron chi connectivity index (χ2n) is 5.96. The van der Waals surface area contributed by atoms with Crippen LogP contribution in [0.1, 0.15) is 18.4 Å². The zero-order chi connectivity index (χ0) is 16.8. The Morgan fingerprint density at radius 1 is 1.30 bits per heavy atom. The smallest absolute Gasteiger partial charge is 0.328 e. The van der Waals surface area contributed by atoms with Gasteiger partial charge in [0.15, 0.2) is 0 Å². The number of carbonyl (C=O) groups excluding carboxylic acids is 2. The van der Waals surface area contributed by atoms with E-state index in [2.05, 4.69) is 0 Å². The van der Waals surface area contributed by atoms with Crippen LogP contribution in [0.4, 0.5) is 0 Å². The molecule has 1 aromatic rings. The van der Waals surface area contributed by atoms with E-state index in [1.807, 2.05) is 61.5 Å². The predicted octanol–water partition coefficient (Wildman–Crippen LogP) is 1.79. The number of hydrogen-bond acceptors (Lipinski definition) is 4. The minimum atomic E-state index is -0.481. The summed E-state index contributed by atoms with van der Waals surface area (Å²) in [5, 5.41) is 0. The first-order valence-corrected chi connectivity index (χ1v) is 7.78. The number of hydrogen-bond donors (Lipinski definition) is 0. The first-order chi connectivity index (χ1) is 11.0. The molecule has 1 aliphatic rings. The van der Waals surface area contributed by atoms with E-state index >= 15 is 0 Å². The third-order valence-electron chi connectivity index (χ3n) is 4.21. The highest BCUT2D eigenvalue weighted by Crippen LogP contribution is 2.23. The van der Waals surface area contributed by atoms with Gasteiger partial charge in [-0.3, -0.25) is 4.79 Å². The highest BCUT2D eigenvalue weighted by atomic mass is 16.5. The largest absolute Gasteiger partial charge is 0.467 e. The van der Waals surface area contributed by atoms with Crippen molar-refractivity contribution < 1.29 is 14.3 Å². The number of ether oxygens (including phenoxy) is 1. The van der Waals surface area contributed by atoms with Crippen LogP contribution in [0.2, 0.25) is 0 Å². The molecule has 0 unspecified atom stereocenters. The summed E-state index contributed by atoms with van der Waals surface area (Å²) in [7, 11) is 5.29. The summed E-state index contributed by atoms with van der Waals surface area (Å²) in [6, 6.07) is 9.53. The molecule has 1 fully saturated rings. The Balaban J connectivity index is 2.01. The van der Waals surface area contributed by atoms with Gasteiger partial charge < -0.3 is 14.5 Å². The average molecular weight is 316 g/mol. The number of methoxy groups -OCH3 is 1. The van der Waals surface area contributed by atoms with E-state index in [4.69, 9.17) is 4.74 Å². The Morgan fingerprint density at radius 3 is 2.61 bits per heavy atom. The van der Waals surface area contributed by atoms with Gasteiger partial charge in [0.2, 0.25) is 5.91 Å². The van der Waals surface area contributed by atoms with Crippen molar-refractivity contribution in [2.24, 2.45) is 0 Å². The fraction of sp³-hybridized carbons (Fsp3) is 0.444. The fourth-order valence-corrected chi connectivity index (χ4v) is 2.80. The van der Waals surface area contributed by atoms with Crippen molar-refractivity contribution in [3.8, 4) is 0 Å². The van der Waals surface area contributed by atoms with Gasteiger partial charge in [0, 0.05) is 19.0 Å². The molecule has 23 heavy (non-hydrogen) atoms. The number of esters is 1. The van der Waals surface area contributed by atoms with E-state index in [0.29, 0.717) is 13.0 Å². The zero-order valence-corrected chi connectivity index (χ0v) is 13.9. The van der Waals surface area contributed by atoms with Crippen molar-refractivity contribution in [2.75, 3.05) is 27.7 Å². The molecule has 0 aromatic heterocycles. The van der Waals surface area contributed by atoms with Crippen molar-refractivity contribution in [3.63, 3.8) is 0 Å². The summed E-state index contributed by atoms with van der Waals surface area (Å²) in [4.78, 5) is 28.1. The molecule has 1 amide bonds. The maximum atomic E-state index is 12.5. The van der Waals surface area contributed by atoms with Crippen LogP contribution < -0.4 is 0 Å². The van der Waals surface area contributed by atoms with Crippen LogP contribution in [0.3, 0.4) is 0 Å². The van der Waals surface area contributed by atoms with E-state index in [0.717, 1.165) is 5.56 Å². The van der Waals surface area contributed by atoms with Crippen LogP contribution in [0.15, 0.2) is 36.4 Å². The summed E-state index contributed by atoms with van der Waals surface area (Å²) in [6.45, 7) is 0.560. The molecular weight excluding hydrogens is 292 g/mol. The number of likely N-dealkylation sites (N-methyl/N-ethyl adjacent to an activating group) is 1. The molecule has 1 aromatic carbocycles. The van der Waals surface area contributed by atoms with Gasteiger partial charge in [-0.15, -0.1) is 0 Å². The molecule has 5 nitrogen and oxygen atoms in total. The third-order valence-corrected chi connectivity index (χ3v) is 4.21. The number of carbonyl (C=O) groups is 2. The van der Waals surface area contributed by atoms with Gasteiger partial charge >= 0.3 is 5.97 Å². The van der Waals surface area contributed by atoms with Crippen LogP contribution in [-0.4, -0.2) is 61.5 Å². The summed E-state index contributed by atoms with van der Waals surface area (Å²) in [5.74, 6) is -0.383. The second kappa shape index (κ2) is 7.92. The van der Waals surface area contributed by atoms with Gasteiger partial charge in [0.05, 0.1) is 7.11 Å². The Hall–Kier alpha value is -2.14. The lowest BCUT2D eigenvalue weighted by molar-refractivity contribution is -0.150. The standard InChI is InChI=1S/C18H24N2O3/c1-19(2)15-12-16(18(22)23-3)20(13-15)17(21)11-7-10-14-8-5-4-6-9-14/h4-10,15-16H,11-13H2,1-3H3/t15-,16+/m1/s1. The Morgan fingerprint density at radius 2 is 2.00 bits per heavy atom. The molecule has 0 saturated carbocycles. The summed E-state index contributed by atoms with van der Waals surface area (Å²) in [6.07, 6.45) is 4.66. The fourth-order valence-electron chi connectivity index (χ4n) is 2.80. The molecule has 1 saturated heterocycles. The van der Waals surface area contributed by atoms with Crippen LogP contribution in [-0.2, 0) is 14.3 Å². The molecule has 0 N–H and O–H groups in total. The highest BCUT2D eigenvalue weighted by molar-refractivity contribution is 5.86. The van der Waals surface area contributed by atoms with Gasteiger partial charge in [-0.2, -0.15) is 0 Å². The summed E-state index contributed by atoms with van der Waals surface area (Å²) < 4.78 is 4.85. The van der Waals surface area contributed by atoms with E-state index in [-0.39, 0.29) is 24.3 Å². The van der Waals surface area contributed by atoms with E-state index in [1.54, 1.807) is 4.90 Å². The number of benzene rings is 1. The zero-order valence-electron chi connectivity index (χ0n) is 13.9. The molecule has 0 bridgehead atoms. The van der Waals surface area contributed by atoms with Crippen LogP contribution in [0, 0.1) is 0 Å². The molecule has 2 rings (SSSR count). The maximum absolute atomic E-state index is 12.5. The van der Waals surface area contributed by atoms with Crippen molar-refractivity contribution >= 4 is 18.0 Å². The van der Waals surface area contributed by atoms with Crippen molar-refractivity contribution in [3.05, 3.63) is 42.0 Å². The van der Waals surface area contributed by atoms with Gasteiger partial charge in [-0.05, 0) is 26.1 Å². The Kier molecular flexibility index (Phi) is 5.93. The second-order valence-corrected chi connectivity index (χ2v) is 5.96. The quantitative estimate of drug-likeness (QED) is 0.777. The SMILES string of the molecule is COC(=O)[C@@H]1C[C@@H](N(C)C)CN1C(=O)CC=Cc1ccccc1. The van der Waals surface area contributed by atoms with Crippen LogP contribution >= 0.6 is 0 Å². The molecule has 0 radical (unpaired) electrons. The van der Waals surface area contributed by atoms with E-state index in [1.165, 1.54) is 7.11 Å². The molecule has 2 atom stereocenters. The monoisotopic (exact) mass is 316 g/mol. The van der Waals surface area contributed by atoms with E-state index < -0.39 is 6.04 Å². The lowest BCUT2D eigenvalue weighted by Gasteiger charge is -2.22. The third kappa shape index (κ3) is 4.42. The van der Waals surface area contributed by atoms with Crippen molar-refractivity contribution in [1.82, 2.24) is 9.80 Å². The first kappa shape index (κ1) is 17.2. The molecular formula is C18H24N2O3. The summed E-state index contributed by atoms with van der Waals surface area (Å²) in [5.41, 5.74) is 1.05. The highest BCUT2D eigenvalue weighted by Gasteiger charge is 2.40. The molecule has 124 valence electrons. The first-order valence-electron chi connectivity index (χ1n) is 7.78. The average Bonchev–Trinajstić information content (AvgIpc) is 3.00. The normalized spacial score (nSPS) is 21.1. The minimum Gasteiger partial charge on any atom is -0.467 e. The number of nitrogens with zero attached hydrogens (tertiary/aromatic N) is 2. The predicted molar refractivity (Wildman–Crippen MR) is 89.7 cm³/mol. The summed E-state index contributed by atoms with van der Waals surface area (Å²) >= 11 is 0. The van der Waals surface area contributed by atoms with Gasteiger partial charge in [0.1, 0.15) is 6.04 Å². The number of likely N-dealkylation sites (tertiary alicyclic amines) is 1. The maximum Gasteiger partial charge on any atom is 0.328 e. The minimum absolute atomic E-state index is 0.0445.